The Bertz CT molecular complexity index is 1400. The van der Waals surface area contributed by atoms with E-state index in [4.69, 9.17) is 16.3 Å². The Morgan fingerprint density at radius 1 is 1.10 bits per heavy atom. The lowest BCUT2D eigenvalue weighted by molar-refractivity contribution is -0.137. The average Bonchev–Trinajstić information content (AvgIpc) is 3.22. The molecular formula is C28H24BrClF3N3O3. The second kappa shape index (κ2) is 11.4. The van der Waals surface area contributed by atoms with Crippen LogP contribution in [-0.2, 0) is 21.1 Å². The first-order valence-corrected chi connectivity index (χ1v) is 13.1. The maximum atomic E-state index is 13.5. The molecule has 0 spiro atoms. The Morgan fingerprint density at radius 3 is 2.36 bits per heavy atom. The number of anilines is 1. The number of carbonyl (C=O) groups excluding carboxylic acids is 2. The summed E-state index contributed by atoms with van der Waals surface area (Å²) in [7, 11) is 0. The minimum atomic E-state index is -4.60. The first-order chi connectivity index (χ1) is 18.4. The molecule has 0 aliphatic carbocycles. The van der Waals surface area contributed by atoms with E-state index in [0.717, 1.165) is 21.0 Å². The summed E-state index contributed by atoms with van der Waals surface area (Å²) in [5, 5.41) is 5.71. The van der Waals surface area contributed by atoms with Crippen LogP contribution in [-0.4, -0.2) is 42.4 Å². The Morgan fingerprint density at radius 2 is 1.77 bits per heavy atom. The summed E-state index contributed by atoms with van der Waals surface area (Å²) in [6, 6.07) is 19.4. The van der Waals surface area contributed by atoms with Crippen LogP contribution in [0.15, 0.2) is 82.4 Å². The minimum Gasteiger partial charge on any atom is -0.449 e. The highest BCUT2D eigenvalue weighted by molar-refractivity contribution is 9.10. The lowest BCUT2D eigenvalue weighted by Crippen LogP contribution is -2.44. The molecule has 4 rings (SSSR count). The molecule has 0 saturated heterocycles. The molecule has 1 aliphatic rings. The Balaban J connectivity index is 1.71. The molecule has 0 N–H and O–H groups in total. The molecule has 11 heteroatoms. The van der Waals surface area contributed by atoms with Gasteiger partial charge in [-0.1, -0.05) is 63.9 Å². The number of benzene rings is 3. The van der Waals surface area contributed by atoms with Crippen LogP contribution in [0.1, 0.15) is 30.5 Å². The van der Waals surface area contributed by atoms with E-state index in [-0.39, 0.29) is 19.7 Å². The van der Waals surface area contributed by atoms with Gasteiger partial charge in [-0.05, 0) is 55.8 Å². The van der Waals surface area contributed by atoms with Gasteiger partial charge in [-0.2, -0.15) is 18.3 Å². The maximum absolute atomic E-state index is 13.5. The zero-order valence-electron chi connectivity index (χ0n) is 21.0. The number of carbonyl (C=O) groups is 2. The number of nitrogens with zero attached hydrogens (tertiary/aromatic N) is 3. The number of hydrazone groups is 1. The van der Waals surface area contributed by atoms with Gasteiger partial charge in [0.05, 0.1) is 40.6 Å². The van der Waals surface area contributed by atoms with Crippen molar-refractivity contribution in [3.05, 3.63) is 99.0 Å². The number of imide groups is 1. The van der Waals surface area contributed by atoms with Crippen LogP contribution in [0, 0.1) is 0 Å². The summed E-state index contributed by atoms with van der Waals surface area (Å²) in [6.45, 7) is 3.56. The van der Waals surface area contributed by atoms with Gasteiger partial charge in [-0.3, -0.25) is 9.80 Å². The van der Waals surface area contributed by atoms with Crippen LogP contribution in [0.25, 0.3) is 0 Å². The molecule has 0 fully saturated rings. The van der Waals surface area contributed by atoms with E-state index in [1.807, 2.05) is 37.3 Å². The van der Waals surface area contributed by atoms with Gasteiger partial charge in [0.2, 0.25) is 0 Å². The number of rotatable bonds is 6. The third-order valence-electron chi connectivity index (χ3n) is 6.32. The van der Waals surface area contributed by atoms with Gasteiger partial charge < -0.3 is 4.74 Å². The lowest BCUT2D eigenvalue weighted by Gasteiger charge is -2.28. The summed E-state index contributed by atoms with van der Waals surface area (Å²) in [4.78, 5) is 27.1. The minimum absolute atomic E-state index is 0.0753. The Labute approximate surface area is 237 Å². The smallest absolute Gasteiger partial charge is 0.421 e. The number of amides is 2. The van der Waals surface area contributed by atoms with E-state index in [1.165, 1.54) is 17.1 Å². The quantitative estimate of drug-likeness (QED) is 0.290. The standard InChI is InChI=1S/C28H24BrClF3N3O3/c1-3-39-26(38)36(21-12-10-20(29)11-13-21)24(37)16-35-17-27(2,19-7-5-4-6-8-19)25(34-35)18-9-14-22(23(30)15-18)28(31,32)33/h4-15H,3,16-17H2,1-2H3. The van der Waals surface area contributed by atoms with Crippen molar-refractivity contribution in [2.45, 2.75) is 25.4 Å². The van der Waals surface area contributed by atoms with E-state index >= 15 is 0 Å². The molecule has 1 unspecified atom stereocenters. The number of halogens is 5. The van der Waals surface area contributed by atoms with E-state index < -0.39 is 34.2 Å². The SMILES string of the molecule is CCOC(=O)N(C(=O)CN1CC(C)(c2ccccc2)C(c2ccc(C(F)(F)F)c(Cl)c2)=N1)c1ccc(Br)cc1. The molecule has 1 aliphatic heterocycles. The van der Waals surface area contributed by atoms with Gasteiger partial charge in [-0.25, -0.2) is 9.69 Å². The molecule has 0 aromatic heterocycles. The first kappa shape index (κ1) is 28.6. The third-order valence-corrected chi connectivity index (χ3v) is 7.17. The van der Waals surface area contributed by atoms with Gasteiger partial charge in [0, 0.05) is 10.0 Å². The normalized spacial score (nSPS) is 17.1. The van der Waals surface area contributed by atoms with Crippen LogP contribution in [0.3, 0.4) is 0 Å². The van der Waals surface area contributed by atoms with Crippen LogP contribution >= 0.6 is 27.5 Å². The number of hydrogen-bond acceptors (Lipinski definition) is 5. The van der Waals surface area contributed by atoms with Crippen molar-refractivity contribution in [1.82, 2.24) is 5.01 Å². The topological polar surface area (TPSA) is 62.2 Å². The van der Waals surface area contributed by atoms with Crippen molar-refractivity contribution in [2.75, 3.05) is 24.6 Å². The summed E-state index contributed by atoms with van der Waals surface area (Å²) < 4.78 is 45.9. The number of hydrogen-bond donors (Lipinski definition) is 0. The highest BCUT2D eigenvalue weighted by atomic mass is 79.9. The molecule has 1 heterocycles. The highest BCUT2D eigenvalue weighted by Gasteiger charge is 2.43. The average molecular weight is 623 g/mol. The van der Waals surface area contributed by atoms with Crippen LogP contribution in [0.5, 0.6) is 0 Å². The first-order valence-electron chi connectivity index (χ1n) is 12.0. The summed E-state index contributed by atoms with van der Waals surface area (Å²) in [5.41, 5.74) is 0.277. The number of alkyl halides is 3. The summed E-state index contributed by atoms with van der Waals surface area (Å²) >= 11 is 9.37. The molecular weight excluding hydrogens is 599 g/mol. The Kier molecular flexibility index (Phi) is 8.37. The van der Waals surface area contributed by atoms with Gasteiger partial charge in [0.15, 0.2) is 0 Å². The fraction of sp³-hybridized carbons (Fsp3) is 0.250. The Hall–Kier alpha value is -3.37. The van der Waals surface area contributed by atoms with Gasteiger partial charge in [0.1, 0.15) is 6.54 Å². The fourth-order valence-electron chi connectivity index (χ4n) is 4.48. The molecule has 3 aromatic rings. The predicted octanol–water partition coefficient (Wildman–Crippen LogP) is 7.29. The molecule has 2 amide bonds. The van der Waals surface area contributed by atoms with E-state index in [9.17, 15) is 22.8 Å². The summed E-state index contributed by atoms with van der Waals surface area (Å²) in [6.07, 6.45) is -5.42. The van der Waals surface area contributed by atoms with E-state index in [0.29, 0.717) is 17.0 Å². The highest BCUT2D eigenvalue weighted by Crippen LogP contribution is 2.39. The molecule has 39 heavy (non-hydrogen) atoms. The monoisotopic (exact) mass is 621 g/mol. The van der Waals surface area contributed by atoms with Crippen LogP contribution in [0.2, 0.25) is 5.02 Å². The lowest BCUT2D eigenvalue weighted by atomic mass is 9.76. The molecule has 0 radical (unpaired) electrons. The van der Waals surface area contributed by atoms with Crippen LogP contribution in [0.4, 0.5) is 23.7 Å². The van der Waals surface area contributed by atoms with Crippen LogP contribution < -0.4 is 4.90 Å². The maximum Gasteiger partial charge on any atom is 0.421 e. The summed E-state index contributed by atoms with van der Waals surface area (Å²) in [5.74, 6) is -0.582. The van der Waals surface area contributed by atoms with Crippen molar-refractivity contribution < 1.29 is 27.5 Å². The molecule has 1 atom stereocenters. The zero-order valence-corrected chi connectivity index (χ0v) is 23.3. The largest absolute Gasteiger partial charge is 0.449 e. The zero-order chi connectivity index (χ0) is 28.4. The van der Waals surface area contributed by atoms with E-state index in [2.05, 4.69) is 21.0 Å². The van der Waals surface area contributed by atoms with E-state index in [1.54, 1.807) is 31.2 Å². The fourth-order valence-corrected chi connectivity index (χ4v) is 5.03. The van der Waals surface area contributed by atoms with Crippen molar-refractivity contribution in [1.29, 1.82) is 0 Å². The van der Waals surface area contributed by atoms with Gasteiger partial charge >= 0.3 is 12.3 Å². The second-order valence-electron chi connectivity index (χ2n) is 9.07. The van der Waals surface area contributed by atoms with Gasteiger partial charge in [0.25, 0.3) is 5.91 Å². The third kappa shape index (κ3) is 6.12. The van der Waals surface area contributed by atoms with Gasteiger partial charge in [-0.15, -0.1) is 0 Å². The van der Waals surface area contributed by atoms with Crippen molar-refractivity contribution >= 4 is 50.9 Å². The molecule has 0 saturated carbocycles. The van der Waals surface area contributed by atoms with Crippen molar-refractivity contribution in [3.63, 3.8) is 0 Å². The molecule has 3 aromatic carbocycles. The second-order valence-corrected chi connectivity index (χ2v) is 10.4. The molecule has 204 valence electrons. The van der Waals surface area contributed by atoms with Crippen molar-refractivity contribution in [3.8, 4) is 0 Å². The number of ether oxygens (including phenoxy) is 1. The molecule has 6 nitrogen and oxygen atoms in total. The van der Waals surface area contributed by atoms with Crippen molar-refractivity contribution in [2.24, 2.45) is 5.10 Å². The molecule has 0 bridgehead atoms. The predicted molar refractivity (Wildman–Crippen MR) is 147 cm³/mol.